The van der Waals surface area contributed by atoms with E-state index >= 15 is 0 Å². The minimum atomic E-state index is -2.01. The summed E-state index contributed by atoms with van der Waals surface area (Å²) < 4.78 is 10.8. The first-order valence-corrected chi connectivity index (χ1v) is 14.9. The third kappa shape index (κ3) is 8.02. The molecule has 1 saturated heterocycles. The van der Waals surface area contributed by atoms with E-state index in [1.165, 1.54) is 6.33 Å². The Labute approximate surface area is 256 Å². The van der Waals surface area contributed by atoms with Crippen LogP contribution in [0.3, 0.4) is 0 Å². The Kier molecular flexibility index (Phi) is 9.87. The van der Waals surface area contributed by atoms with Crippen molar-refractivity contribution in [3.63, 3.8) is 0 Å². The summed E-state index contributed by atoms with van der Waals surface area (Å²) in [5, 5.41) is 19.6. The minimum absolute atomic E-state index is 0.00711. The van der Waals surface area contributed by atoms with E-state index in [0.29, 0.717) is 12.2 Å². The van der Waals surface area contributed by atoms with Gasteiger partial charge in [0.05, 0.1) is 18.8 Å². The van der Waals surface area contributed by atoms with Gasteiger partial charge in [0.1, 0.15) is 6.33 Å². The average Bonchev–Trinajstić information content (AvgIpc) is 3.52. The zero-order valence-electron chi connectivity index (χ0n) is 21.7. The van der Waals surface area contributed by atoms with Crippen molar-refractivity contribution in [2.24, 2.45) is 0 Å². The highest BCUT2D eigenvalue weighted by Gasteiger charge is 2.32. The molecular weight excluding hydrogens is 607 g/mol. The minimum Gasteiger partial charge on any atom is -0.392 e. The molecule has 1 aliphatic rings. The van der Waals surface area contributed by atoms with Gasteiger partial charge in [-0.05, 0) is 33.9 Å². The number of aliphatic hydroxyl groups excluding tert-OH is 1. The number of aromatic amines is 1. The van der Waals surface area contributed by atoms with E-state index in [1.807, 2.05) is 72.8 Å². The Bertz CT molecular complexity index is 1430. The zero-order valence-corrected chi connectivity index (χ0v) is 24.8. The molecule has 5 rings (SSSR count). The van der Waals surface area contributed by atoms with Gasteiger partial charge in [-0.25, -0.2) is 4.98 Å². The number of thioether (sulfide) groups is 1. The highest BCUT2D eigenvalue weighted by atomic mass is 35.6. The van der Waals surface area contributed by atoms with Crippen LogP contribution in [0, 0.1) is 0 Å². The van der Waals surface area contributed by atoms with Crippen molar-refractivity contribution in [2.75, 3.05) is 5.75 Å². The van der Waals surface area contributed by atoms with Gasteiger partial charge >= 0.3 is 0 Å². The van der Waals surface area contributed by atoms with Gasteiger partial charge in [0.2, 0.25) is 0 Å². The number of benzene rings is 3. The molecule has 41 heavy (non-hydrogen) atoms. The molecule has 3 N–H and O–H groups in total. The van der Waals surface area contributed by atoms with Gasteiger partial charge in [0.15, 0.2) is 11.4 Å². The number of ether oxygens (including phenoxy) is 2. The Morgan fingerprint density at radius 3 is 2.44 bits per heavy atom. The van der Waals surface area contributed by atoms with Crippen molar-refractivity contribution in [2.45, 2.75) is 47.0 Å². The second kappa shape index (κ2) is 13.6. The van der Waals surface area contributed by atoms with Crippen molar-refractivity contribution in [3.05, 3.63) is 101 Å². The molecule has 0 saturated carbocycles. The van der Waals surface area contributed by atoms with Crippen LogP contribution >= 0.6 is 46.6 Å². The molecule has 0 spiro atoms. The normalized spacial score (nSPS) is 19.2. The molecule has 2 heterocycles. The molecule has 1 aromatic heterocycles. The molecule has 0 bridgehead atoms. The second-order valence-electron chi connectivity index (χ2n) is 9.45. The molecule has 3 unspecified atom stereocenters. The largest absolute Gasteiger partial charge is 0.392 e. The Hall–Kier alpha value is -2.63. The molecule has 0 aliphatic carbocycles. The van der Waals surface area contributed by atoms with E-state index in [0.717, 1.165) is 38.5 Å². The van der Waals surface area contributed by atoms with Gasteiger partial charge in [0, 0.05) is 24.3 Å². The number of halogens is 3. The third-order valence-electron chi connectivity index (χ3n) is 6.57. The highest BCUT2D eigenvalue weighted by Crippen LogP contribution is 2.39. The second-order valence-corrected chi connectivity index (χ2v) is 12.7. The lowest BCUT2D eigenvalue weighted by Crippen LogP contribution is -2.33. The fourth-order valence-electron chi connectivity index (χ4n) is 4.43. The number of hydrogen-bond donors (Lipinski definition) is 3. The topological polar surface area (TPSA) is 109 Å². The van der Waals surface area contributed by atoms with E-state index in [-0.39, 0.29) is 25.4 Å². The third-order valence-corrected chi connectivity index (χ3v) is 8.09. The number of carbonyl (C=O) groups excluding carboxylic acids is 1. The molecule has 3 atom stereocenters. The number of rotatable bonds is 9. The first kappa shape index (κ1) is 29.8. The van der Waals surface area contributed by atoms with Crippen LogP contribution in [0.5, 0.6) is 0 Å². The number of H-pyrrole nitrogens is 1. The quantitative estimate of drug-likeness (QED) is 0.147. The molecule has 4 aromatic rings. The number of nitrogens with one attached hydrogen (secondary N) is 2. The fourth-order valence-corrected chi connectivity index (χ4v) is 5.43. The van der Waals surface area contributed by atoms with Crippen molar-refractivity contribution in [3.8, 4) is 11.1 Å². The van der Waals surface area contributed by atoms with Crippen molar-refractivity contribution in [1.82, 2.24) is 20.5 Å². The maximum Gasteiger partial charge on any atom is 0.272 e. The fraction of sp³-hybridized carbons (Fsp3) is 0.276. The maximum absolute atomic E-state index is 11.9. The summed E-state index contributed by atoms with van der Waals surface area (Å²) in [4.78, 5) is 16.1. The van der Waals surface area contributed by atoms with Gasteiger partial charge in [-0.2, -0.15) is 5.10 Å². The summed E-state index contributed by atoms with van der Waals surface area (Å²) >= 11 is 18.5. The molecule has 1 amide bonds. The molecule has 8 nitrogen and oxygen atoms in total. The zero-order chi connectivity index (χ0) is 28.8. The SMILES string of the molecule is O=C(NCc1cccc(-c2ccc(C3OC(CSc4ncn[nH]4)CC(c4ccc(CO)cc4)O3)cc2)c1)C(Cl)(Cl)Cl. The summed E-state index contributed by atoms with van der Waals surface area (Å²) in [5.74, 6) is 0.00452. The molecule has 214 valence electrons. The number of aliphatic hydroxyl groups is 1. The number of hydrogen-bond acceptors (Lipinski definition) is 7. The smallest absolute Gasteiger partial charge is 0.272 e. The van der Waals surface area contributed by atoms with Crippen molar-refractivity contribution >= 4 is 52.5 Å². The Balaban J connectivity index is 1.30. The van der Waals surface area contributed by atoms with Crippen LogP contribution in [0.2, 0.25) is 0 Å². The number of aromatic nitrogens is 3. The first-order valence-electron chi connectivity index (χ1n) is 12.8. The Morgan fingerprint density at radius 1 is 1.00 bits per heavy atom. The Morgan fingerprint density at radius 2 is 1.76 bits per heavy atom. The van der Waals surface area contributed by atoms with E-state index in [1.54, 1.807) is 11.8 Å². The molecule has 0 radical (unpaired) electrons. The van der Waals surface area contributed by atoms with Crippen LogP contribution in [0.4, 0.5) is 0 Å². The number of amides is 1. The van der Waals surface area contributed by atoms with Crippen LogP contribution < -0.4 is 5.32 Å². The van der Waals surface area contributed by atoms with E-state index in [9.17, 15) is 9.90 Å². The van der Waals surface area contributed by atoms with Crippen LogP contribution in [0.25, 0.3) is 11.1 Å². The summed E-state index contributed by atoms with van der Waals surface area (Å²) in [6.07, 6.45) is 1.32. The average molecular weight is 634 g/mol. The highest BCUT2D eigenvalue weighted by molar-refractivity contribution is 7.99. The van der Waals surface area contributed by atoms with Gasteiger partial charge < -0.3 is 19.9 Å². The predicted octanol–water partition coefficient (Wildman–Crippen LogP) is 6.29. The monoisotopic (exact) mass is 632 g/mol. The summed E-state index contributed by atoms with van der Waals surface area (Å²) in [7, 11) is 0. The molecular formula is C29H27Cl3N4O4S. The van der Waals surface area contributed by atoms with Crippen LogP contribution in [0.15, 0.2) is 84.3 Å². The first-order chi connectivity index (χ1) is 19.8. The lowest BCUT2D eigenvalue weighted by Gasteiger charge is -2.36. The van der Waals surface area contributed by atoms with Crippen LogP contribution in [0.1, 0.15) is 41.1 Å². The number of alkyl halides is 3. The number of nitrogens with zero attached hydrogens (tertiary/aromatic N) is 2. The van der Waals surface area contributed by atoms with Crippen molar-refractivity contribution in [1.29, 1.82) is 0 Å². The van der Waals surface area contributed by atoms with Gasteiger partial charge in [-0.1, -0.05) is 113 Å². The lowest BCUT2D eigenvalue weighted by molar-refractivity contribution is -0.245. The van der Waals surface area contributed by atoms with Crippen LogP contribution in [-0.2, 0) is 27.4 Å². The van der Waals surface area contributed by atoms with E-state index in [2.05, 4.69) is 20.5 Å². The standard InChI is InChI=1S/C29H27Cl3N4O4S/c30-29(31,32)27(38)33-14-19-2-1-3-23(12-19)20-8-10-22(11-9-20)26-39-24(16-41-28-34-17-35-36-28)13-25(40-26)21-6-4-18(15-37)5-7-21/h1-12,17,24-26,37H,13-16H2,(H,33,38)(H,34,35,36). The summed E-state index contributed by atoms with van der Waals surface area (Å²) in [5.41, 5.74) is 5.61. The van der Waals surface area contributed by atoms with Gasteiger partial charge in [0.25, 0.3) is 9.70 Å². The lowest BCUT2D eigenvalue weighted by atomic mass is 9.99. The predicted molar refractivity (Wildman–Crippen MR) is 160 cm³/mol. The summed E-state index contributed by atoms with van der Waals surface area (Å²) in [6, 6.07) is 23.6. The number of carbonyl (C=O) groups is 1. The molecule has 12 heteroatoms. The molecule has 1 fully saturated rings. The van der Waals surface area contributed by atoms with Gasteiger partial charge in [-0.15, -0.1) is 0 Å². The summed E-state index contributed by atoms with van der Waals surface area (Å²) in [6.45, 7) is 0.226. The molecule has 1 aliphatic heterocycles. The van der Waals surface area contributed by atoms with Crippen LogP contribution in [-0.4, -0.2) is 41.8 Å². The van der Waals surface area contributed by atoms with E-state index in [4.69, 9.17) is 44.3 Å². The van der Waals surface area contributed by atoms with Crippen molar-refractivity contribution < 1.29 is 19.4 Å². The van der Waals surface area contributed by atoms with Gasteiger partial charge in [-0.3, -0.25) is 9.89 Å². The maximum atomic E-state index is 11.9. The molecule has 3 aromatic carbocycles. The van der Waals surface area contributed by atoms with E-state index < -0.39 is 16.0 Å².